The van der Waals surface area contributed by atoms with Crippen LogP contribution >= 0.6 is 0 Å². The molecule has 98 valence electrons. The molecule has 2 aromatic heterocycles. The average Bonchev–Trinajstić information content (AvgIpc) is 3.00. The minimum Gasteiger partial charge on any atom is -0.329 e. The van der Waals surface area contributed by atoms with Gasteiger partial charge in [-0.2, -0.15) is 5.10 Å². The van der Waals surface area contributed by atoms with E-state index in [-0.39, 0.29) is 0 Å². The van der Waals surface area contributed by atoms with Crippen LogP contribution in [-0.2, 0) is 13.1 Å². The Morgan fingerprint density at radius 3 is 3.06 bits per heavy atom. The predicted molar refractivity (Wildman–Crippen MR) is 71.2 cm³/mol. The summed E-state index contributed by atoms with van der Waals surface area (Å²) in [6, 6.07) is 2.30. The van der Waals surface area contributed by atoms with Crippen LogP contribution in [0.2, 0.25) is 0 Å². The van der Waals surface area contributed by atoms with Gasteiger partial charge in [0, 0.05) is 25.1 Å². The van der Waals surface area contributed by atoms with Gasteiger partial charge in [-0.1, -0.05) is 6.92 Å². The topological polar surface area (TPSA) is 47.7 Å². The monoisotopic (exact) mass is 247 g/mol. The lowest BCUT2D eigenvalue weighted by atomic mass is 10.3. The number of nitrogens with zero attached hydrogens (tertiary/aromatic N) is 4. The molecule has 0 spiro atoms. The molecule has 5 heteroatoms. The highest BCUT2D eigenvalue weighted by Gasteiger charge is 2.09. The first-order chi connectivity index (χ1) is 8.81. The highest BCUT2D eigenvalue weighted by molar-refractivity contribution is 4.99. The fourth-order valence-electron chi connectivity index (χ4n) is 2.03. The predicted octanol–water partition coefficient (Wildman–Crippen LogP) is 1.84. The maximum absolute atomic E-state index is 4.24. The molecule has 2 aromatic rings. The second-order valence-electron chi connectivity index (χ2n) is 4.55. The van der Waals surface area contributed by atoms with Crippen molar-refractivity contribution in [3.8, 4) is 0 Å². The third kappa shape index (κ3) is 3.20. The maximum Gasteiger partial charge on any atom is 0.0951 e. The van der Waals surface area contributed by atoms with Crippen LogP contribution in [0.3, 0.4) is 0 Å². The second kappa shape index (κ2) is 6.35. The summed E-state index contributed by atoms with van der Waals surface area (Å²) in [5, 5.41) is 7.65. The van der Waals surface area contributed by atoms with Crippen molar-refractivity contribution in [3.05, 3.63) is 36.7 Å². The van der Waals surface area contributed by atoms with Crippen molar-refractivity contribution in [2.75, 3.05) is 6.54 Å². The van der Waals surface area contributed by atoms with Crippen molar-refractivity contribution in [3.63, 3.8) is 0 Å². The first kappa shape index (κ1) is 12.8. The van der Waals surface area contributed by atoms with Gasteiger partial charge < -0.3 is 9.88 Å². The van der Waals surface area contributed by atoms with E-state index in [1.54, 1.807) is 0 Å². The largest absolute Gasteiger partial charge is 0.329 e. The fraction of sp³-hybridized carbons (Fsp3) is 0.538. The molecular weight excluding hydrogens is 226 g/mol. The van der Waals surface area contributed by atoms with Gasteiger partial charge >= 0.3 is 0 Å². The zero-order valence-corrected chi connectivity index (χ0v) is 11.1. The van der Waals surface area contributed by atoms with Crippen LogP contribution in [-0.4, -0.2) is 25.9 Å². The maximum atomic E-state index is 4.24. The van der Waals surface area contributed by atoms with Crippen LogP contribution in [0.1, 0.15) is 32.0 Å². The molecule has 1 atom stereocenters. The third-order valence-electron chi connectivity index (χ3n) is 2.96. The summed E-state index contributed by atoms with van der Waals surface area (Å²) in [5.41, 5.74) is 1.23. The van der Waals surface area contributed by atoms with Gasteiger partial charge in [-0.3, -0.25) is 4.68 Å². The number of nitrogens with one attached hydrogen (secondary N) is 1. The van der Waals surface area contributed by atoms with Crippen molar-refractivity contribution in [1.82, 2.24) is 24.6 Å². The van der Waals surface area contributed by atoms with Crippen molar-refractivity contribution < 1.29 is 0 Å². The number of aromatic nitrogens is 4. The molecule has 0 aliphatic heterocycles. The first-order valence-corrected chi connectivity index (χ1v) is 6.50. The number of rotatable bonds is 7. The van der Waals surface area contributed by atoms with Gasteiger partial charge in [-0.25, -0.2) is 4.98 Å². The highest BCUT2D eigenvalue weighted by atomic mass is 15.3. The van der Waals surface area contributed by atoms with Crippen molar-refractivity contribution >= 4 is 0 Å². The van der Waals surface area contributed by atoms with Crippen LogP contribution in [0.25, 0.3) is 0 Å². The SMILES string of the molecule is CCCNCc1cncn1C(C)Cn1cccn1. The molecule has 0 aromatic carbocycles. The van der Waals surface area contributed by atoms with Gasteiger partial charge in [0.25, 0.3) is 0 Å². The van der Waals surface area contributed by atoms with Crippen molar-refractivity contribution in [2.45, 2.75) is 39.4 Å². The van der Waals surface area contributed by atoms with E-state index in [0.29, 0.717) is 6.04 Å². The second-order valence-corrected chi connectivity index (χ2v) is 4.55. The van der Waals surface area contributed by atoms with Gasteiger partial charge in [-0.15, -0.1) is 0 Å². The Labute approximate surface area is 108 Å². The Bertz CT molecular complexity index is 446. The Hall–Kier alpha value is -1.62. The van der Waals surface area contributed by atoms with E-state index in [2.05, 4.69) is 33.8 Å². The molecule has 18 heavy (non-hydrogen) atoms. The molecule has 0 radical (unpaired) electrons. The Balaban J connectivity index is 1.97. The van der Waals surface area contributed by atoms with Gasteiger partial charge in [0.05, 0.1) is 24.6 Å². The summed E-state index contributed by atoms with van der Waals surface area (Å²) in [5.74, 6) is 0. The van der Waals surface area contributed by atoms with Crippen LogP contribution in [0, 0.1) is 0 Å². The van der Waals surface area contributed by atoms with Crippen LogP contribution in [0.4, 0.5) is 0 Å². The first-order valence-electron chi connectivity index (χ1n) is 6.50. The molecular formula is C13H21N5. The van der Waals surface area contributed by atoms with Crippen LogP contribution in [0.15, 0.2) is 31.0 Å². The summed E-state index contributed by atoms with van der Waals surface area (Å²) in [7, 11) is 0. The Morgan fingerprint density at radius 2 is 2.33 bits per heavy atom. The minimum absolute atomic E-state index is 0.353. The molecule has 1 unspecified atom stereocenters. The van der Waals surface area contributed by atoms with Gasteiger partial charge in [-0.05, 0) is 26.0 Å². The Morgan fingerprint density at radius 1 is 1.44 bits per heavy atom. The smallest absolute Gasteiger partial charge is 0.0951 e. The quantitative estimate of drug-likeness (QED) is 0.759. The van der Waals surface area contributed by atoms with E-state index >= 15 is 0 Å². The van der Waals surface area contributed by atoms with Gasteiger partial charge in [0.2, 0.25) is 0 Å². The van der Waals surface area contributed by atoms with Crippen LogP contribution < -0.4 is 5.32 Å². The third-order valence-corrected chi connectivity index (χ3v) is 2.96. The van der Waals surface area contributed by atoms with E-state index < -0.39 is 0 Å². The van der Waals surface area contributed by atoms with E-state index in [0.717, 1.165) is 26.1 Å². The van der Waals surface area contributed by atoms with E-state index in [9.17, 15) is 0 Å². The average molecular weight is 247 g/mol. The summed E-state index contributed by atoms with van der Waals surface area (Å²) in [6.07, 6.45) is 8.78. The van der Waals surface area contributed by atoms with E-state index in [4.69, 9.17) is 0 Å². The number of hydrogen-bond donors (Lipinski definition) is 1. The summed E-state index contributed by atoms with van der Waals surface area (Å²) in [4.78, 5) is 4.24. The molecule has 5 nitrogen and oxygen atoms in total. The lowest BCUT2D eigenvalue weighted by molar-refractivity contribution is 0.423. The summed E-state index contributed by atoms with van der Waals surface area (Å²) in [6.45, 7) is 7.14. The van der Waals surface area contributed by atoms with Gasteiger partial charge in [0.15, 0.2) is 0 Å². The normalized spacial score (nSPS) is 12.8. The lowest BCUT2D eigenvalue weighted by Crippen LogP contribution is -2.20. The minimum atomic E-state index is 0.353. The lowest BCUT2D eigenvalue weighted by Gasteiger charge is -2.17. The van der Waals surface area contributed by atoms with E-state index in [1.807, 2.05) is 35.7 Å². The standard InChI is InChI=1S/C13H21N5/c1-3-5-14-8-13-9-15-11-18(13)12(2)10-17-7-4-6-16-17/h4,6-7,9,11-12,14H,3,5,8,10H2,1-2H3. The summed E-state index contributed by atoms with van der Waals surface area (Å²) < 4.78 is 4.16. The molecule has 2 rings (SSSR count). The molecule has 0 aliphatic rings. The molecule has 2 heterocycles. The highest BCUT2D eigenvalue weighted by Crippen LogP contribution is 2.11. The zero-order valence-electron chi connectivity index (χ0n) is 11.1. The molecule has 0 bridgehead atoms. The zero-order chi connectivity index (χ0) is 12.8. The fourth-order valence-corrected chi connectivity index (χ4v) is 2.03. The number of hydrogen-bond acceptors (Lipinski definition) is 3. The van der Waals surface area contributed by atoms with Crippen LogP contribution in [0.5, 0.6) is 0 Å². The molecule has 0 saturated heterocycles. The van der Waals surface area contributed by atoms with E-state index in [1.165, 1.54) is 5.69 Å². The number of imidazole rings is 1. The summed E-state index contributed by atoms with van der Waals surface area (Å²) >= 11 is 0. The molecule has 0 saturated carbocycles. The van der Waals surface area contributed by atoms with Crippen molar-refractivity contribution in [2.24, 2.45) is 0 Å². The molecule has 0 fully saturated rings. The Kier molecular flexibility index (Phi) is 4.52. The van der Waals surface area contributed by atoms with Gasteiger partial charge in [0.1, 0.15) is 0 Å². The molecule has 0 aliphatic carbocycles. The molecule has 1 N–H and O–H groups in total. The van der Waals surface area contributed by atoms with Crippen molar-refractivity contribution in [1.29, 1.82) is 0 Å². The molecule has 0 amide bonds.